The third kappa shape index (κ3) is 3.85. The standard InChI is InChI=1S/C19H31N/c1-13(2)17-7-9-18(10-8-17)20-16(5)19-11-6-14(3)12-15(19)4/h6,11-13,16-18,20H,7-10H2,1-5H3. The van der Waals surface area contributed by atoms with Crippen molar-refractivity contribution in [3.05, 3.63) is 34.9 Å². The Morgan fingerprint density at radius 1 is 1.00 bits per heavy atom. The van der Waals surface area contributed by atoms with Crippen molar-refractivity contribution in [1.82, 2.24) is 5.32 Å². The molecule has 0 radical (unpaired) electrons. The summed E-state index contributed by atoms with van der Waals surface area (Å²) in [6.45, 7) is 11.5. The Hall–Kier alpha value is -0.820. The molecule has 1 heteroatoms. The Labute approximate surface area is 125 Å². The molecule has 0 saturated heterocycles. The quantitative estimate of drug-likeness (QED) is 0.798. The van der Waals surface area contributed by atoms with Gasteiger partial charge < -0.3 is 5.32 Å². The molecule has 1 aromatic rings. The van der Waals surface area contributed by atoms with Crippen molar-refractivity contribution in [3.63, 3.8) is 0 Å². The van der Waals surface area contributed by atoms with E-state index in [0.717, 1.165) is 11.8 Å². The van der Waals surface area contributed by atoms with E-state index in [1.165, 1.54) is 42.4 Å². The topological polar surface area (TPSA) is 12.0 Å². The van der Waals surface area contributed by atoms with Crippen molar-refractivity contribution >= 4 is 0 Å². The van der Waals surface area contributed by atoms with E-state index in [4.69, 9.17) is 0 Å². The second-order valence-electron chi connectivity index (χ2n) is 7.10. The predicted molar refractivity (Wildman–Crippen MR) is 88.1 cm³/mol. The van der Waals surface area contributed by atoms with E-state index in [2.05, 4.69) is 58.1 Å². The first-order chi connectivity index (χ1) is 9.47. The minimum absolute atomic E-state index is 0.469. The van der Waals surface area contributed by atoms with Crippen LogP contribution in [0.3, 0.4) is 0 Å². The summed E-state index contributed by atoms with van der Waals surface area (Å²) in [5.74, 6) is 1.80. The van der Waals surface area contributed by atoms with Gasteiger partial charge in [0, 0.05) is 12.1 Å². The molecule has 0 spiro atoms. The molecule has 1 atom stereocenters. The maximum absolute atomic E-state index is 3.85. The van der Waals surface area contributed by atoms with Crippen LogP contribution in [0.2, 0.25) is 0 Å². The summed E-state index contributed by atoms with van der Waals surface area (Å²) >= 11 is 0. The van der Waals surface area contributed by atoms with Gasteiger partial charge in [-0.15, -0.1) is 0 Å². The van der Waals surface area contributed by atoms with Crippen molar-refractivity contribution in [2.24, 2.45) is 11.8 Å². The molecule has 1 nitrogen and oxygen atoms in total. The van der Waals surface area contributed by atoms with E-state index in [-0.39, 0.29) is 0 Å². The number of benzene rings is 1. The third-order valence-electron chi connectivity index (χ3n) is 5.09. The van der Waals surface area contributed by atoms with Gasteiger partial charge in [-0.25, -0.2) is 0 Å². The lowest BCUT2D eigenvalue weighted by Crippen LogP contribution is -2.36. The smallest absolute Gasteiger partial charge is 0.0296 e. The molecule has 2 rings (SSSR count). The Morgan fingerprint density at radius 3 is 2.20 bits per heavy atom. The van der Waals surface area contributed by atoms with E-state index in [0.29, 0.717) is 12.1 Å². The molecule has 0 bridgehead atoms. The van der Waals surface area contributed by atoms with Crippen LogP contribution in [-0.4, -0.2) is 6.04 Å². The molecule has 1 unspecified atom stereocenters. The van der Waals surface area contributed by atoms with Gasteiger partial charge in [-0.2, -0.15) is 0 Å². The highest BCUT2D eigenvalue weighted by atomic mass is 14.9. The number of hydrogen-bond donors (Lipinski definition) is 1. The number of rotatable bonds is 4. The van der Waals surface area contributed by atoms with Gasteiger partial charge in [0.05, 0.1) is 0 Å². The van der Waals surface area contributed by atoms with E-state index >= 15 is 0 Å². The first kappa shape index (κ1) is 15.6. The molecule has 0 heterocycles. The minimum Gasteiger partial charge on any atom is -0.307 e. The van der Waals surface area contributed by atoms with Crippen molar-refractivity contribution in [2.75, 3.05) is 0 Å². The Morgan fingerprint density at radius 2 is 1.65 bits per heavy atom. The molecule has 20 heavy (non-hydrogen) atoms. The molecule has 1 aliphatic carbocycles. The number of nitrogens with one attached hydrogen (secondary N) is 1. The van der Waals surface area contributed by atoms with Crippen LogP contribution >= 0.6 is 0 Å². The zero-order valence-corrected chi connectivity index (χ0v) is 13.9. The maximum Gasteiger partial charge on any atom is 0.0296 e. The van der Waals surface area contributed by atoms with Gasteiger partial charge in [0.25, 0.3) is 0 Å². The molecule has 0 aliphatic heterocycles. The Bertz CT molecular complexity index is 427. The maximum atomic E-state index is 3.85. The lowest BCUT2D eigenvalue weighted by atomic mass is 9.79. The third-order valence-corrected chi connectivity index (χ3v) is 5.09. The lowest BCUT2D eigenvalue weighted by Gasteiger charge is -2.33. The summed E-state index contributed by atoms with van der Waals surface area (Å²) in [6.07, 6.45) is 5.49. The van der Waals surface area contributed by atoms with Crippen molar-refractivity contribution in [2.45, 2.75) is 72.4 Å². The summed E-state index contributed by atoms with van der Waals surface area (Å²) in [7, 11) is 0. The normalized spacial score (nSPS) is 24.9. The van der Waals surface area contributed by atoms with Crippen LogP contribution in [0.5, 0.6) is 0 Å². The molecule has 0 aromatic heterocycles. The zero-order valence-electron chi connectivity index (χ0n) is 13.9. The average molecular weight is 273 g/mol. The van der Waals surface area contributed by atoms with Crippen LogP contribution in [0, 0.1) is 25.7 Å². The van der Waals surface area contributed by atoms with Gasteiger partial charge in [0.15, 0.2) is 0 Å². The van der Waals surface area contributed by atoms with E-state index in [1.807, 2.05) is 0 Å². The molecule has 1 fully saturated rings. The van der Waals surface area contributed by atoms with Crippen LogP contribution in [0.25, 0.3) is 0 Å². The average Bonchev–Trinajstić information content (AvgIpc) is 2.39. The van der Waals surface area contributed by atoms with Gasteiger partial charge in [0.1, 0.15) is 0 Å². The van der Waals surface area contributed by atoms with Crippen LogP contribution in [0.15, 0.2) is 18.2 Å². The highest BCUT2D eigenvalue weighted by Crippen LogP contribution is 2.31. The second kappa shape index (κ2) is 6.76. The van der Waals surface area contributed by atoms with E-state index in [1.54, 1.807) is 0 Å². The van der Waals surface area contributed by atoms with Crippen LogP contribution < -0.4 is 5.32 Å². The molecule has 1 saturated carbocycles. The number of aryl methyl sites for hydroxylation is 2. The summed E-state index contributed by atoms with van der Waals surface area (Å²) in [4.78, 5) is 0. The molecule has 1 aliphatic rings. The predicted octanol–water partition coefficient (Wildman–Crippen LogP) is 5.17. The summed E-state index contributed by atoms with van der Waals surface area (Å²) in [6, 6.07) is 8.00. The molecular weight excluding hydrogens is 242 g/mol. The number of hydrogen-bond acceptors (Lipinski definition) is 1. The van der Waals surface area contributed by atoms with Gasteiger partial charge in [-0.05, 0) is 69.4 Å². The second-order valence-corrected chi connectivity index (χ2v) is 7.10. The van der Waals surface area contributed by atoms with Crippen molar-refractivity contribution < 1.29 is 0 Å². The minimum atomic E-state index is 0.469. The monoisotopic (exact) mass is 273 g/mol. The highest BCUT2D eigenvalue weighted by molar-refractivity contribution is 5.32. The van der Waals surface area contributed by atoms with Crippen molar-refractivity contribution in [1.29, 1.82) is 0 Å². The first-order valence-corrected chi connectivity index (χ1v) is 8.30. The van der Waals surface area contributed by atoms with Crippen LogP contribution in [0.1, 0.15) is 69.2 Å². The van der Waals surface area contributed by atoms with Gasteiger partial charge in [0.2, 0.25) is 0 Å². The largest absolute Gasteiger partial charge is 0.307 e. The molecule has 1 aromatic carbocycles. The Balaban J connectivity index is 1.90. The van der Waals surface area contributed by atoms with Crippen LogP contribution in [-0.2, 0) is 0 Å². The lowest BCUT2D eigenvalue weighted by molar-refractivity contribution is 0.231. The zero-order chi connectivity index (χ0) is 14.7. The molecule has 112 valence electrons. The highest BCUT2D eigenvalue weighted by Gasteiger charge is 2.24. The Kier molecular flexibility index (Phi) is 5.26. The van der Waals surface area contributed by atoms with Gasteiger partial charge >= 0.3 is 0 Å². The SMILES string of the molecule is Cc1ccc(C(C)NC2CCC(C(C)C)CC2)c(C)c1. The van der Waals surface area contributed by atoms with Gasteiger partial charge in [-0.3, -0.25) is 0 Å². The summed E-state index contributed by atoms with van der Waals surface area (Å²) in [5, 5.41) is 3.85. The first-order valence-electron chi connectivity index (χ1n) is 8.30. The molecule has 1 N–H and O–H groups in total. The van der Waals surface area contributed by atoms with Crippen molar-refractivity contribution in [3.8, 4) is 0 Å². The molecular formula is C19H31N. The molecule has 0 amide bonds. The fourth-order valence-electron chi connectivity index (χ4n) is 3.71. The fraction of sp³-hybridized carbons (Fsp3) is 0.684. The summed E-state index contributed by atoms with van der Waals surface area (Å²) in [5.41, 5.74) is 4.23. The van der Waals surface area contributed by atoms with E-state index in [9.17, 15) is 0 Å². The van der Waals surface area contributed by atoms with E-state index < -0.39 is 0 Å². The fourth-order valence-corrected chi connectivity index (χ4v) is 3.71. The van der Waals surface area contributed by atoms with Crippen LogP contribution in [0.4, 0.5) is 0 Å². The van der Waals surface area contributed by atoms with Gasteiger partial charge in [-0.1, -0.05) is 37.6 Å². The summed E-state index contributed by atoms with van der Waals surface area (Å²) < 4.78 is 0.